The smallest absolute Gasteiger partial charge is 0.241 e. The van der Waals surface area contributed by atoms with Crippen LogP contribution >= 0.6 is 0 Å². The Balaban J connectivity index is 1.16. The Kier molecular flexibility index (Phi) is 5.60. The molecule has 9 nitrogen and oxygen atoms in total. The van der Waals surface area contributed by atoms with Crippen LogP contribution in [0.25, 0.3) is 0 Å². The molecule has 0 saturated carbocycles. The molecule has 3 atom stereocenters. The second-order valence-corrected chi connectivity index (χ2v) is 8.89. The van der Waals surface area contributed by atoms with Crippen LogP contribution in [-0.2, 0) is 11.8 Å². The molecule has 0 spiro atoms. The number of nitrogens with zero attached hydrogens (tertiary/aromatic N) is 3. The number of hydrogen-bond acceptors (Lipinski definition) is 7. The zero-order chi connectivity index (χ0) is 22.2. The van der Waals surface area contributed by atoms with Crippen LogP contribution in [0.3, 0.4) is 0 Å². The van der Waals surface area contributed by atoms with Crippen LogP contribution in [0.2, 0.25) is 0 Å². The molecule has 3 unspecified atom stereocenters. The molecule has 170 valence electrons. The van der Waals surface area contributed by atoms with Crippen LogP contribution in [0.5, 0.6) is 11.5 Å². The number of nitrogens with one attached hydrogen (secondary N) is 2. The fourth-order valence-electron chi connectivity index (χ4n) is 4.99. The number of hydrazine groups is 1. The second kappa shape index (κ2) is 8.55. The highest BCUT2D eigenvalue weighted by Gasteiger charge is 2.38. The fourth-order valence-corrected chi connectivity index (χ4v) is 4.99. The highest BCUT2D eigenvalue weighted by atomic mass is 16.5. The molecule has 3 aliphatic rings. The summed E-state index contributed by atoms with van der Waals surface area (Å²) in [4.78, 5) is 27.7. The minimum absolute atomic E-state index is 0.0792. The van der Waals surface area contributed by atoms with Crippen molar-refractivity contribution in [3.05, 3.63) is 41.7 Å². The summed E-state index contributed by atoms with van der Waals surface area (Å²) < 4.78 is 13.2. The number of carbonyl (C=O) groups excluding carboxylic acids is 2. The molecule has 2 saturated heterocycles. The van der Waals surface area contributed by atoms with Gasteiger partial charge in [0.15, 0.2) is 5.78 Å². The van der Waals surface area contributed by atoms with E-state index >= 15 is 0 Å². The van der Waals surface area contributed by atoms with E-state index in [0.717, 1.165) is 18.4 Å². The minimum Gasteiger partial charge on any atom is -0.497 e. The number of fused-ring (bicyclic) bond motifs is 1. The number of ether oxygens (including phenoxy) is 2. The first kappa shape index (κ1) is 21.0. The van der Waals surface area contributed by atoms with Gasteiger partial charge in [-0.15, -0.1) is 0 Å². The predicted molar refractivity (Wildman–Crippen MR) is 116 cm³/mol. The summed E-state index contributed by atoms with van der Waals surface area (Å²) in [6.45, 7) is 1.37. The van der Waals surface area contributed by atoms with E-state index in [0.29, 0.717) is 43.0 Å². The van der Waals surface area contributed by atoms with E-state index in [4.69, 9.17) is 9.47 Å². The van der Waals surface area contributed by atoms with Gasteiger partial charge < -0.3 is 14.4 Å². The lowest BCUT2D eigenvalue weighted by atomic mass is 9.85. The van der Waals surface area contributed by atoms with Gasteiger partial charge in [-0.2, -0.15) is 5.10 Å². The van der Waals surface area contributed by atoms with E-state index in [-0.39, 0.29) is 35.8 Å². The number of ketones is 1. The molecule has 3 aliphatic heterocycles. The number of benzene rings is 1. The lowest BCUT2D eigenvalue weighted by Gasteiger charge is -2.38. The third-order valence-electron chi connectivity index (χ3n) is 6.86. The van der Waals surface area contributed by atoms with Gasteiger partial charge in [-0.1, -0.05) is 0 Å². The first-order valence-electron chi connectivity index (χ1n) is 11.2. The zero-order valence-electron chi connectivity index (χ0n) is 18.4. The molecule has 2 aromatic rings. The van der Waals surface area contributed by atoms with Crippen molar-refractivity contribution in [1.82, 2.24) is 25.5 Å². The van der Waals surface area contributed by atoms with Crippen LogP contribution in [-0.4, -0.2) is 58.7 Å². The molecule has 0 radical (unpaired) electrons. The minimum atomic E-state index is -0.244. The Morgan fingerprint density at radius 1 is 1.25 bits per heavy atom. The molecule has 9 heteroatoms. The number of aryl methyl sites for hydroxylation is 1. The first-order chi connectivity index (χ1) is 15.5. The molecule has 32 heavy (non-hydrogen) atoms. The first-order valence-corrected chi connectivity index (χ1v) is 11.2. The number of piperidine rings is 1. The molecule has 2 fully saturated rings. The largest absolute Gasteiger partial charge is 0.497 e. The molecular weight excluding hydrogens is 410 g/mol. The Hall–Kier alpha value is -2.91. The third-order valence-corrected chi connectivity index (χ3v) is 6.86. The number of methoxy groups -OCH3 is 1. The molecule has 0 aliphatic carbocycles. The number of hydrogen-bond donors (Lipinski definition) is 2. The van der Waals surface area contributed by atoms with Crippen molar-refractivity contribution in [3.8, 4) is 11.5 Å². The lowest BCUT2D eigenvalue weighted by Crippen LogP contribution is -2.50. The molecule has 1 aromatic carbocycles. The summed E-state index contributed by atoms with van der Waals surface area (Å²) in [6, 6.07) is 5.21. The third kappa shape index (κ3) is 3.98. The quantitative estimate of drug-likeness (QED) is 0.747. The van der Waals surface area contributed by atoms with Crippen molar-refractivity contribution < 1.29 is 19.1 Å². The Labute approximate surface area is 187 Å². The Morgan fingerprint density at radius 3 is 2.78 bits per heavy atom. The van der Waals surface area contributed by atoms with Gasteiger partial charge in [-0.25, -0.2) is 10.9 Å². The van der Waals surface area contributed by atoms with E-state index in [9.17, 15) is 9.59 Å². The standard InChI is InChI=1S/C23H29N5O4/c1-27-13-15(12-24-27)18-10-19(26-25-18)23(30)28-7-5-14(6-8-28)22-11-20(29)17-9-16(31-2)3-4-21(17)32-22/h3-4,9,12-14,18-19,22,25-26H,5-8,10-11H2,1-2H3. The fraction of sp³-hybridized carbons (Fsp3) is 0.522. The zero-order valence-corrected chi connectivity index (χ0v) is 18.4. The van der Waals surface area contributed by atoms with Gasteiger partial charge in [0, 0.05) is 38.3 Å². The van der Waals surface area contributed by atoms with Gasteiger partial charge in [0.05, 0.1) is 24.9 Å². The van der Waals surface area contributed by atoms with Crippen LogP contribution in [0.4, 0.5) is 0 Å². The highest BCUT2D eigenvalue weighted by molar-refractivity contribution is 6.00. The SMILES string of the molecule is COc1ccc2c(c1)C(=O)CC(C1CCN(C(=O)C3CC(c4cnn(C)c4)NN3)CC1)O2. The molecule has 4 heterocycles. The van der Waals surface area contributed by atoms with E-state index < -0.39 is 0 Å². The summed E-state index contributed by atoms with van der Waals surface area (Å²) in [5, 5.41) is 4.21. The summed E-state index contributed by atoms with van der Waals surface area (Å²) in [7, 11) is 3.47. The van der Waals surface area contributed by atoms with Crippen molar-refractivity contribution in [3.63, 3.8) is 0 Å². The highest BCUT2D eigenvalue weighted by Crippen LogP contribution is 2.36. The van der Waals surface area contributed by atoms with Crippen LogP contribution in [0, 0.1) is 5.92 Å². The maximum Gasteiger partial charge on any atom is 0.241 e. The number of likely N-dealkylation sites (tertiary alicyclic amines) is 1. The summed E-state index contributed by atoms with van der Waals surface area (Å²) in [5.74, 6) is 1.77. The van der Waals surface area contributed by atoms with Gasteiger partial charge in [-0.05, 0) is 43.4 Å². The topological polar surface area (TPSA) is 97.7 Å². The number of rotatable bonds is 4. The average molecular weight is 440 g/mol. The second-order valence-electron chi connectivity index (χ2n) is 8.89. The van der Waals surface area contributed by atoms with Crippen LogP contribution < -0.4 is 20.3 Å². The normalized spacial score (nSPS) is 26.0. The summed E-state index contributed by atoms with van der Waals surface area (Å²) >= 11 is 0. The Morgan fingerprint density at radius 2 is 2.06 bits per heavy atom. The Bertz CT molecular complexity index is 1010. The summed E-state index contributed by atoms with van der Waals surface area (Å²) in [5.41, 5.74) is 8.05. The lowest BCUT2D eigenvalue weighted by molar-refractivity contribution is -0.135. The molecule has 2 N–H and O–H groups in total. The average Bonchev–Trinajstić information content (AvgIpc) is 3.48. The molecule has 0 bridgehead atoms. The van der Waals surface area contributed by atoms with E-state index in [1.165, 1.54) is 0 Å². The number of carbonyl (C=O) groups is 2. The van der Waals surface area contributed by atoms with E-state index in [1.807, 2.05) is 36.5 Å². The molecule has 5 rings (SSSR count). The molecule has 1 aromatic heterocycles. The van der Waals surface area contributed by atoms with Gasteiger partial charge in [0.25, 0.3) is 0 Å². The summed E-state index contributed by atoms with van der Waals surface area (Å²) in [6.07, 6.45) is 6.41. The maximum atomic E-state index is 13.0. The van der Waals surface area contributed by atoms with Crippen molar-refractivity contribution >= 4 is 11.7 Å². The van der Waals surface area contributed by atoms with Crippen molar-refractivity contribution in [2.75, 3.05) is 20.2 Å². The monoisotopic (exact) mass is 439 g/mol. The number of Topliss-reactive ketones (excluding diaryl/α,β-unsaturated/α-hetero) is 1. The predicted octanol–water partition coefficient (Wildman–Crippen LogP) is 1.61. The van der Waals surface area contributed by atoms with E-state index in [1.54, 1.807) is 17.9 Å². The van der Waals surface area contributed by atoms with Crippen molar-refractivity contribution in [2.24, 2.45) is 13.0 Å². The van der Waals surface area contributed by atoms with Gasteiger partial charge in [0.2, 0.25) is 5.91 Å². The number of amides is 1. The van der Waals surface area contributed by atoms with Gasteiger partial charge in [-0.3, -0.25) is 14.3 Å². The van der Waals surface area contributed by atoms with Crippen LogP contribution in [0.15, 0.2) is 30.6 Å². The molecular formula is C23H29N5O4. The molecule has 1 amide bonds. The van der Waals surface area contributed by atoms with Crippen molar-refractivity contribution in [2.45, 2.75) is 43.9 Å². The van der Waals surface area contributed by atoms with Crippen LogP contribution in [0.1, 0.15) is 47.6 Å². The van der Waals surface area contributed by atoms with Crippen molar-refractivity contribution in [1.29, 1.82) is 0 Å². The maximum absolute atomic E-state index is 13.0. The van der Waals surface area contributed by atoms with E-state index in [2.05, 4.69) is 16.0 Å². The number of aromatic nitrogens is 2. The van der Waals surface area contributed by atoms with Gasteiger partial charge >= 0.3 is 0 Å². The van der Waals surface area contributed by atoms with Gasteiger partial charge in [0.1, 0.15) is 23.6 Å².